The van der Waals surface area contributed by atoms with Gasteiger partial charge in [-0.3, -0.25) is 10.1 Å². The predicted octanol–water partition coefficient (Wildman–Crippen LogP) is 1.83. The van der Waals surface area contributed by atoms with Gasteiger partial charge in [0.15, 0.2) is 0 Å². The first-order chi connectivity index (χ1) is 6.50. The second kappa shape index (κ2) is 4.19. The number of aryl methyl sites for hydroxylation is 1. The summed E-state index contributed by atoms with van der Waals surface area (Å²) >= 11 is 0. The van der Waals surface area contributed by atoms with Crippen LogP contribution >= 0.6 is 0 Å². The maximum Gasteiger partial charge on any atom is 0.269 e. The zero-order valence-electron chi connectivity index (χ0n) is 8.23. The van der Waals surface area contributed by atoms with E-state index in [1.165, 1.54) is 12.1 Å². The van der Waals surface area contributed by atoms with Crippen LogP contribution in [0.25, 0.3) is 0 Å². The van der Waals surface area contributed by atoms with E-state index < -0.39 is 11.0 Å². The van der Waals surface area contributed by atoms with Gasteiger partial charge >= 0.3 is 0 Å². The first kappa shape index (κ1) is 10.7. The smallest absolute Gasteiger partial charge is 0.269 e. The summed E-state index contributed by atoms with van der Waals surface area (Å²) in [6.45, 7) is 3.54. The van der Waals surface area contributed by atoms with Gasteiger partial charge in [0.25, 0.3) is 5.69 Å². The number of nitrogens with zero attached hydrogens (tertiary/aromatic N) is 1. The van der Waals surface area contributed by atoms with Crippen LogP contribution in [-0.4, -0.2) is 16.1 Å². The molecule has 0 heterocycles. The molecule has 1 aromatic rings. The summed E-state index contributed by atoms with van der Waals surface area (Å²) in [7, 11) is 0. The number of hydrogen-bond acceptors (Lipinski definition) is 3. The third-order valence-corrected chi connectivity index (χ3v) is 2.06. The molecule has 76 valence electrons. The van der Waals surface area contributed by atoms with E-state index >= 15 is 0 Å². The van der Waals surface area contributed by atoms with Crippen LogP contribution in [0.5, 0.6) is 0 Å². The number of aliphatic hydroxyl groups excluding tert-OH is 1. The minimum absolute atomic E-state index is 0.0752. The molecule has 0 radical (unpaired) electrons. The molecule has 1 atom stereocenters. The van der Waals surface area contributed by atoms with Crippen molar-refractivity contribution in [3.05, 3.63) is 39.4 Å². The number of hydrogen-bond donors (Lipinski definition) is 1. The van der Waals surface area contributed by atoms with Crippen molar-refractivity contribution in [1.29, 1.82) is 0 Å². The van der Waals surface area contributed by atoms with E-state index in [0.29, 0.717) is 6.42 Å². The van der Waals surface area contributed by atoms with Gasteiger partial charge in [-0.2, -0.15) is 0 Å². The summed E-state index contributed by atoms with van der Waals surface area (Å²) in [5, 5.41) is 19.7. The van der Waals surface area contributed by atoms with Gasteiger partial charge in [-0.1, -0.05) is 6.07 Å². The van der Waals surface area contributed by atoms with Crippen LogP contribution in [0.15, 0.2) is 18.2 Å². The summed E-state index contributed by atoms with van der Waals surface area (Å²) in [5.74, 6) is 0. The summed E-state index contributed by atoms with van der Waals surface area (Å²) in [6, 6.07) is 4.69. The Bertz CT molecular complexity index is 347. The van der Waals surface area contributed by atoms with Gasteiger partial charge in [0.2, 0.25) is 0 Å². The molecule has 14 heavy (non-hydrogen) atoms. The van der Waals surface area contributed by atoms with Gasteiger partial charge in [-0.15, -0.1) is 0 Å². The topological polar surface area (TPSA) is 63.4 Å². The Kier molecular flexibility index (Phi) is 3.19. The molecule has 4 nitrogen and oxygen atoms in total. The molecule has 0 bridgehead atoms. The van der Waals surface area contributed by atoms with Crippen molar-refractivity contribution < 1.29 is 10.0 Å². The second-order valence-corrected chi connectivity index (χ2v) is 3.42. The third-order valence-electron chi connectivity index (χ3n) is 2.06. The first-order valence-corrected chi connectivity index (χ1v) is 4.42. The largest absolute Gasteiger partial charge is 0.393 e. The third kappa shape index (κ3) is 2.53. The lowest BCUT2D eigenvalue weighted by Crippen LogP contribution is -2.06. The highest BCUT2D eigenvalue weighted by Gasteiger charge is 2.09. The molecule has 0 aliphatic heterocycles. The van der Waals surface area contributed by atoms with Crippen LogP contribution < -0.4 is 0 Å². The van der Waals surface area contributed by atoms with Gasteiger partial charge in [-0.05, 0) is 31.4 Å². The minimum atomic E-state index is -0.476. The lowest BCUT2D eigenvalue weighted by Gasteiger charge is -2.07. The molecule has 0 aliphatic carbocycles. The monoisotopic (exact) mass is 195 g/mol. The van der Waals surface area contributed by atoms with Gasteiger partial charge in [0.1, 0.15) is 0 Å². The number of nitro groups is 1. The van der Waals surface area contributed by atoms with Crippen molar-refractivity contribution in [2.45, 2.75) is 26.4 Å². The molecule has 0 saturated heterocycles. The minimum Gasteiger partial charge on any atom is -0.393 e. The van der Waals surface area contributed by atoms with Crippen molar-refractivity contribution in [2.24, 2.45) is 0 Å². The molecule has 0 aromatic heterocycles. The van der Waals surface area contributed by atoms with E-state index in [2.05, 4.69) is 0 Å². The Morgan fingerprint density at radius 2 is 2.21 bits per heavy atom. The van der Waals surface area contributed by atoms with Crippen molar-refractivity contribution in [1.82, 2.24) is 0 Å². The van der Waals surface area contributed by atoms with Crippen LogP contribution in [0, 0.1) is 17.0 Å². The molecule has 1 N–H and O–H groups in total. The highest BCUT2D eigenvalue weighted by Crippen LogP contribution is 2.18. The Labute approximate surface area is 82.3 Å². The fourth-order valence-electron chi connectivity index (χ4n) is 1.31. The Morgan fingerprint density at radius 3 is 2.71 bits per heavy atom. The summed E-state index contributed by atoms with van der Waals surface area (Å²) in [6.07, 6.45) is -0.0243. The maximum atomic E-state index is 10.5. The van der Waals surface area contributed by atoms with Crippen LogP contribution in [-0.2, 0) is 6.42 Å². The van der Waals surface area contributed by atoms with Crippen LogP contribution in [0.4, 0.5) is 5.69 Å². The van der Waals surface area contributed by atoms with Crippen molar-refractivity contribution in [2.75, 3.05) is 0 Å². The van der Waals surface area contributed by atoms with Gasteiger partial charge < -0.3 is 5.11 Å². The van der Waals surface area contributed by atoms with Crippen LogP contribution in [0.2, 0.25) is 0 Å². The van der Waals surface area contributed by atoms with E-state index in [9.17, 15) is 15.2 Å². The average Bonchev–Trinajstić information content (AvgIpc) is 2.07. The molecule has 4 heteroatoms. The van der Waals surface area contributed by atoms with Crippen LogP contribution in [0.3, 0.4) is 0 Å². The zero-order valence-corrected chi connectivity index (χ0v) is 8.23. The molecule has 1 rings (SSSR count). The number of rotatable bonds is 3. The first-order valence-electron chi connectivity index (χ1n) is 4.42. The average molecular weight is 195 g/mol. The van der Waals surface area contributed by atoms with Gasteiger partial charge in [-0.25, -0.2) is 0 Å². The highest BCUT2D eigenvalue weighted by molar-refractivity contribution is 5.39. The maximum absolute atomic E-state index is 10.5. The normalized spacial score (nSPS) is 12.5. The number of benzene rings is 1. The molecule has 0 saturated carbocycles. The SMILES string of the molecule is Cc1ccc([N+](=O)[O-])cc1C[C@@H](C)O. The standard InChI is InChI=1S/C10H13NO3/c1-7-3-4-10(11(13)14)6-9(7)5-8(2)12/h3-4,6,8,12H,5H2,1-2H3/t8-/m1/s1. The van der Waals surface area contributed by atoms with Crippen LogP contribution in [0.1, 0.15) is 18.1 Å². The van der Waals surface area contributed by atoms with Gasteiger partial charge in [0.05, 0.1) is 11.0 Å². The molecule has 0 unspecified atom stereocenters. The lowest BCUT2D eigenvalue weighted by atomic mass is 10.0. The quantitative estimate of drug-likeness (QED) is 0.591. The van der Waals surface area contributed by atoms with Crippen molar-refractivity contribution in [3.63, 3.8) is 0 Å². The Morgan fingerprint density at radius 1 is 1.57 bits per heavy atom. The summed E-state index contributed by atoms with van der Waals surface area (Å²) in [4.78, 5) is 10.1. The highest BCUT2D eigenvalue weighted by atomic mass is 16.6. The molecule has 0 spiro atoms. The second-order valence-electron chi connectivity index (χ2n) is 3.42. The molecule has 1 aromatic carbocycles. The molecule has 0 amide bonds. The summed E-state index contributed by atoms with van der Waals surface area (Å²) < 4.78 is 0. The van der Waals surface area contributed by atoms with Gasteiger partial charge in [0, 0.05) is 12.1 Å². The molecule has 0 fully saturated rings. The number of non-ortho nitro benzene ring substituents is 1. The van der Waals surface area contributed by atoms with E-state index in [0.717, 1.165) is 11.1 Å². The van der Waals surface area contributed by atoms with E-state index in [1.54, 1.807) is 13.0 Å². The zero-order chi connectivity index (χ0) is 10.7. The van der Waals surface area contributed by atoms with E-state index in [-0.39, 0.29) is 5.69 Å². The van der Waals surface area contributed by atoms with Crippen molar-refractivity contribution in [3.8, 4) is 0 Å². The van der Waals surface area contributed by atoms with Crippen molar-refractivity contribution >= 4 is 5.69 Å². The van der Waals surface area contributed by atoms with E-state index in [4.69, 9.17) is 0 Å². The predicted molar refractivity (Wildman–Crippen MR) is 53.2 cm³/mol. The summed E-state index contributed by atoms with van der Waals surface area (Å²) in [5.41, 5.74) is 1.87. The number of nitro benzene ring substituents is 1. The molecular formula is C10H13NO3. The Balaban J connectivity index is 3.02. The molecular weight excluding hydrogens is 182 g/mol. The fourth-order valence-corrected chi connectivity index (χ4v) is 1.31. The molecule has 0 aliphatic rings. The fraction of sp³-hybridized carbons (Fsp3) is 0.400. The van der Waals surface area contributed by atoms with E-state index in [1.807, 2.05) is 6.92 Å². The Hall–Kier alpha value is -1.42. The lowest BCUT2D eigenvalue weighted by molar-refractivity contribution is -0.384. The number of aliphatic hydroxyl groups is 1.